The van der Waals surface area contributed by atoms with Crippen molar-refractivity contribution in [3.8, 4) is 0 Å². The molecule has 0 spiro atoms. The molecule has 0 aliphatic carbocycles. The lowest BCUT2D eigenvalue weighted by atomic mass is 10.4. The van der Waals surface area contributed by atoms with E-state index in [4.69, 9.17) is 13.0 Å². The van der Waals surface area contributed by atoms with E-state index in [1.165, 1.54) is 0 Å². The standard InChI is InChI=1S/C10H22F4O3Si2/c1-10(13,14)8-16-19(4,5)17-18(2,3)15-7-6-9(11)12/h9H,6-8H2,1-5H3. The van der Waals surface area contributed by atoms with Crippen molar-refractivity contribution in [1.82, 2.24) is 0 Å². The molecule has 0 aromatic rings. The van der Waals surface area contributed by atoms with Gasteiger partial charge < -0.3 is 13.0 Å². The Morgan fingerprint density at radius 3 is 1.89 bits per heavy atom. The van der Waals surface area contributed by atoms with Crippen LogP contribution in [0.15, 0.2) is 0 Å². The Balaban J connectivity index is 4.22. The Hall–Kier alpha value is 0.0338. The molecule has 0 unspecified atom stereocenters. The van der Waals surface area contributed by atoms with Crippen molar-refractivity contribution < 1.29 is 30.5 Å². The minimum Gasteiger partial charge on any atom is -0.415 e. The summed E-state index contributed by atoms with van der Waals surface area (Å²) in [4.78, 5) is 0. The largest absolute Gasteiger partial charge is 0.415 e. The van der Waals surface area contributed by atoms with E-state index in [0.29, 0.717) is 0 Å². The summed E-state index contributed by atoms with van der Waals surface area (Å²) in [6, 6.07) is 0. The average molecular weight is 322 g/mol. The highest BCUT2D eigenvalue weighted by Gasteiger charge is 2.38. The first-order valence-electron chi connectivity index (χ1n) is 5.97. The fourth-order valence-corrected chi connectivity index (χ4v) is 7.76. The third kappa shape index (κ3) is 11.6. The maximum atomic E-state index is 12.7. The molecule has 3 nitrogen and oxygen atoms in total. The second kappa shape index (κ2) is 7.16. The number of hydrogen-bond acceptors (Lipinski definition) is 3. The number of alkyl halides is 4. The van der Waals surface area contributed by atoms with Gasteiger partial charge >= 0.3 is 17.1 Å². The smallest absolute Gasteiger partial charge is 0.323 e. The molecule has 0 radical (unpaired) electrons. The average Bonchev–Trinajstić information content (AvgIpc) is 2.11. The predicted octanol–water partition coefficient (Wildman–Crippen LogP) is 3.75. The van der Waals surface area contributed by atoms with Gasteiger partial charge in [-0.1, -0.05) is 0 Å². The van der Waals surface area contributed by atoms with Gasteiger partial charge in [0.05, 0.1) is 6.61 Å². The Labute approximate surface area is 113 Å². The van der Waals surface area contributed by atoms with Gasteiger partial charge in [-0.2, -0.15) is 0 Å². The molecule has 0 aromatic carbocycles. The Kier molecular flexibility index (Phi) is 7.17. The summed E-state index contributed by atoms with van der Waals surface area (Å²) in [5.74, 6) is -2.92. The lowest BCUT2D eigenvalue weighted by Crippen LogP contribution is -2.49. The van der Waals surface area contributed by atoms with Crippen LogP contribution in [-0.2, 0) is 13.0 Å². The van der Waals surface area contributed by atoms with E-state index < -0.39 is 36.1 Å². The van der Waals surface area contributed by atoms with E-state index in [2.05, 4.69) is 0 Å². The summed E-state index contributed by atoms with van der Waals surface area (Å²) < 4.78 is 65.5. The molecule has 0 saturated heterocycles. The SMILES string of the molecule is CC(F)(F)CO[Si](C)(C)O[Si](C)(C)OCCC(F)F. The van der Waals surface area contributed by atoms with E-state index in [0.717, 1.165) is 6.92 Å². The molecule has 9 heteroatoms. The molecule has 0 heterocycles. The van der Waals surface area contributed by atoms with Crippen molar-refractivity contribution in [3.63, 3.8) is 0 Å². The predicted molar refractivity (Wildman–Crippen MR) is 69.2 cm³/mol. The van der Waals surface area contributed by atoms with Gasteiger partial charge in [0.15, 0.2) is 0 Å². The first kappa shape index (κ1) is 19.0. The van der Waals surface area contributed by atoms with Crippen molar-refractivity contribution in [2.24, 2.45) is 0 Å². The molecule has 0 saturated carbocycles. The summed E-state index contributed by atoms with van der Waals surface area (Å²) in [5.41, 5.74) is 0. The van der Waals surface area contributed by atoms with Gasteiger partial charge in [0.1, 0.15) is 0 Å². The summed E-state index contributed by atoms with van der Waals surface area (Å²) >= 11 is 0. The zero-order valence-electron chi connectivity index (χ0n) is 11.9. The van der Waals surface area contributed by atoms with Crippen molar-refractivity contribution in [3.05, 3.63) is 0 Å². The molecular formula is C10H22F4O3Si2. The third-order valence-corrected chi connectivity index (χ3v) is 7.62. The molecule has 19 heavy (non-hydrogen) atoms. The van der Waals surface area contributed by atoms with Crippen molar-refractivity contribution in [2.75, 3.05) is 13.2 Å². The van der Waals surface area contributed by atoms with Crippen LogP contribution in [0.2, 0.25) is 26.2 Å². The molecule has 0 amide bonds. The number of rotatable bonds is 9. The second-order valence-corrected chi connectivity index (χ2v) is 12.3. The molecule has 0 atom stereocenters. The normalized spacial score (nSPS) is 14.2. The second-order valence-electron chi connectivity index (χ2n) is 5.29. The summed E-state index contributed by atoms with van der Waals surface area (Å²) in [5, 5.41) is 0. The number of halogens is 4. The fourth-order valence-electron chi connectivity index (χ4n) is 1.35. The highest BCUT2D eigenvalue weighted by molar-refractivity contribution is 6.78. The van der Waals surface area contributed by atoms with Gasteiger partial charge in [-0.25, -0.2) is 17.6 Å². The maximum absolute atomic E-state index is 12.7. The summed E-state index contributed by atoms with van der Waals surface area (Å²) in [6.07, 6.45) is -2.79. The lowest BCUT2D eigenvalue weighted by Gasteiger charge is -2.33. The Morgan fingerprint density at radius 1 is 1.00 bits per heavy atom. The zero-order valence-corrected chi connectivity index (χ0v) is 13.9. The topological polar surface area (TPSA) is 27.7 Å². The van der Waals surface area contributed by atoms with Crippen LogP contribution in [-0.4, -0.2) is 42.7 Å². The molecule has 116 valence electrons. The van der Waals surface area contributed by atoms with Crippen LogP contribution in [0.3, 0.4) is 0 Å². The minimum atomic E-state index is -2.92. The monoisotopic (exact) mass is 322 g/mol. The van der Waals surface area contributed by atoms with Crippen LogP contribution in [0.4, 0.5) is 17.6 Å². The molecule has 0 N–H and O–H groups in total. The van der Waals surface area contributed by atoms with Gasteiger partial charge in [-0.15, -0.1) is 0 Å². The van der Waals surface area contributed by atoms with Gasteiger partial charge in [0.25, 0.3) is 5.92 Å². The van der Waals surface area contributed by atoms with E-state index in [9.17, 15) is 17.6 Å². The van der Waals surface area contributed by atoms with E-state index in [1.807, 2.05) is 0 Å². The molecule has 0 rings (SSSR count). The molecule has 0 aromatic heterocycles. The van der Waals surface area contributed by atoms with Gasteiger partial charge in [-0.05, 0) is 26.2 Å². The fraction of sp³-hybridized carbons (Fsp3) is 1.00. The lowest BCUT2D eigenvalue weighted by molar-refractivity contribution is -0.0320. The van der Waals surface area contributed by atoms with Gasteiger partial charge in [0, 0.05) is 20.0 Å². The number of hydrogen-bond donors (Lipinski definition) is 0. The zero-order chi connectivity index (χ0) is 15.3. The highest BCUT2D eigenvalue weighted by atomic mass is 28.5. The first-order chi connectivity index (χ1) is 8.33. The van der Waals surface area contributed by atoms with Gasteiger partial charge in [-0.3, -0.25) is 0 Å². The molecular weight excluding hydrogens is 300 g/mol. The molecule has 0 bridgehead atoms. The van der Waals surface area contributed by atoms with E-state index in [-0.39, 0.29) is 13.0 Å². The molecule has 0 aliphatic heterocycles. The molecule has 0 fully saturated rings. The Bertz CT molecular complexity index is 270. The van der Waals surface area contributed by atoms with Crippen LogP contribution in [0.25, 0.3) is 0 Å². The summed E-state index contributed by atoms with van der Waals surface area (Å²) in [7, 11) is -5.40. The molecule has 0 aliphatic rings. The maximum Gasteiger partial charge on any atom is 0.323 e. The van der Waals surface area contributed by atoms with Gasteiger partial charge in [0.2, 0.25) is 6.43 Å². The van der Waals surface area contributed by atoms with Crippen LogP contribution < -0.4 is 0 Å². The minimum absolute atomic E-state index is 0.106. The van der Waals surface area contributed by atoms with Crippen molar-refractivity contribution in [1.29, 1.82) is 0 Å². The van der Waals surface area contributed by atoms with Crippen molar-refractivity contribution in [2.45, 2.75) is 51.9 Å². The van der Waals surface area contributed by atoms with Crippen LogP contribution in [0.1, 0.15) is 13.3 Å². The first-order valence-corrected chi connectivity index (χ1v) is 11.6. The third-order valence-electron chi connectivity index (χ3n) is 1.95. The van der Waals surface area contributed by atoms with E-state index in [1.54, 1.807) is 26.2 Å². The van der Waals surface area contributed by atoms with Crippen LogP contribution in [0, 0.1) is 0 Å². The van der Waals surface area contributed by atoms with E-state index >= 15 is 0 Å². The van der Waals surface area contributed by atoms with Crippen LogP contribution >= 0.6 is 0 Å². The van der Waals surface area contributed by atoms with Crippen LogP contribution in [0.5, 0.6) is 0 Å². The summed E-state index contributed by atoms with van der Waals surface area (Å²) in [6.45, 7) is 6.56. The Morgan fingerprint density at radius 2 is 1.47 bits per heavy atom. The van der Waals surface area contributed by atoms with Crippen molar-refractivity contribution >= 4 is 17.1 Å². The highest BCUT2D eigenvalue weighted by Crippen LogP contribution is 2.20. The quantitative estimate of drug-likeness (QED) is 0.478.